The van der Waals surface area contributed by atoms with E-state index in [1.54, 1.807) is 0 Å². The fraction of sp³-hybridized carbons (Fsp3) is 0.556. The van der Waals surface area contributed by atoms with Crippen LogP contribution in [0.4, 0.5) is 0 Å². The zero-order chi connectivity index (χ0) is 15.5. The van der Waals surface area contributed by atoms with Crippen LogP contribution < -0.4 is 0 Å². The van der Waals surface area contributed by atoms with Gasteiger partial charge in [0.25, 0.3) is 0 Å². The van der Waals surface area contributed by atoms with Crippen LogP contribution in [0.3, 0.4) is 0 Å². The summed E-state index contributed by atoms with van der Waals surface area (Å²) >= 11 is 0. The minimum absolute atomic E-state index is 0.533. The van der Waals surface area contributed by atoms with Crippen LogP contribution in [0.5, 0.6) is 0 Å². The number of imidazole rings is 1. The Morgan fingerprint density at radius 2 is 1.74 bits per heavy atom. The van der Waals surface area contributed by atoms with Crippen molar-refractivity contribution in [2.24, 2.45) is 0 Å². The molecule has 5 nitrogen and oxygen atoms in total. The number of aromatic nitrogens is 3. The number of rotatable bonds is 3. The summed E-state index contributed by atoms with van der Waals surface area (Å²) in [5.41, 5.74) is 0.962. The van der Waals surface area contributed by atoms with E-state index in [-0.39, 0.29) is 0 Å². The largest absolute Gasteiger partial charge is 0.381 e. The Labute approximate surface area is 137 Å². The van der Waals surface area contributed by atoms with Crippen LogP contribution in [-0.4, -0.2) is 51.8 Å². The Morgan fingerprint density at radius 1 is 0.913 bits per heavy atom. The van der Waals surface area contributed by atoms with Gasteiger partial charge in [-0.1, -0.05) is 6.07 Å². The van der Waals surface area contributed by atoms with Crippen molar-refractivity contribution in [2.45, 2.75) is 37.8 Å². The molecule has 4 rings (SSSR count). The summed E-state index contributed by atoms with van der Waals surface area (Å²) in [4.78, 5) is 11.7. The molecule has 0 spiro atoms. The lowest BCUT2D eigenvalue weighted by molar-refractivity contribution is 0.0220. The summed E-state index contributed by atoms with van der Waals surface area (Å²) in [5.74, 6) is 0.995. The van der Waals surface area contributed by atoms with E-state index in [1.165, 1.54) is 38.8 Å². The molecule has 0 radical (unpaired) electrons. The Kier molecular flexibility index (Phi) is 4.39. The minimum Gasteiger partial charge on any atom is -0.381 e. The van der Waals surface area contributed by atoms with Gasteiger partial charge < -0.3 is 14.2 Å². The average Bonchev–Trinajstić information content (AvgIpc) is 3.13. The zero-order valence-corrected chi connectivity index (χ0v) is 13.5. The van der Waals surface area contributed by atoms with Gasteiger partial charge in [-0.2, -0.15) is 0 Å². The van der Waals surface area contributed by atoms with Crippen molar-refractivity contribution in [3.63, 3.8) is 0 Å². The standard InChI is InChI=1S/C18H24N4O/c1-2-8-19-17(3-1)18-20-9-12-22(18)16-4-10-21(11-5-16)15-6-13-23-14-7-15/h1-3,8-9,12,15-16H,4-7,10-11,13-14H2. The third kappa shape index (κ3) is 3.16. The van der Waals surface area contributed by atoms with Gasteiger partial charge in [-0.05, 0) is 37.8 Å². The molecular formula is C18H24N4O. The van der Waals surface area contributed by atoms with Gasteiger partial charge in [0.05, 0.1) is 0 Å². The van der Waals surface area contributed by atoms with Gasteiger partial charge in [0.1, 0.15) is 5.69 Å². The topological polar surface area (TPSA) is 43.2 Å². The highest BCUT2D eigenvalue weighted by atomic mass is 16.5. The van der Waals surface area contributed by atoms with E-state index in [9.17, 15) is 0 Å². The lowest BCUT2D eigenvalue weighted by Crippen LogP contribution is -2.44. The van der Waals surface area contributed by atoms with Crippen LogP contribution in [0, 0.1) is 0 Å². The molecule has 4 heterocycles. The van der Waals surface area contributed by atoms with Crippen molar-refractivity contribution in [2.75, 3.05) is 26.3 Å². The number of hydrogen-bond acceptors (Lipinski definition) is 4. The number of piperidine rings is 1. The molecule has 2 aromatic rings. The third-order valence-electron chi connectivity index (χ3n) is 5.16. The maximum atomic E-state index is 5.49. The van der Waals surface area contributed by atoms with Gasteiger partial charge in [-0.15, -0.1) is 0 Å². The van der Waals surface area contributed by atoms with Gasteiger partial charge in [0, 0.05) is 57.0 Å². The molecule has 0 N–H and O–H groups in total. The SMILES string of the molecule is c1ccc(-c2nccn2C2CCN(C3CCOCC3)CC2)nc1. The lowest BCUT2D eigenvalue weighted by Gasteiger charge is -2.39. The van der Waals surface area contributed by atoms with Crippen LogP contribution in [0.2, 0.25) is 0 Å². The van der Waals surface area contributed by atoms with Crippen LogP contribution in [0.15, 0.2) is 36.8 Å². The number of pyridine rings is 1. The number of hydrogen-bond donors (Lipinski definition) is 0. The van der Waals surface area contributed by atoms with E-state index in [1.807, 2.05) is 30.6 Å². The first kappa shape index (κ1) is 14.8. The smallest absolute Gasteiger partial charge is 0.158 e. The molecule has 0 aromatic carbocycles. The van der Waals surface area contributed by atoms with Gasteiger partial charge in [-0.25, -0.2) is 4.98 Å². The first-order chi connectivity index (χ1) is 11.4. The predicted octanol–water partition coefficient (Wildman–Crippen LogP) is 2.76. The maximum Gasteiger partial charge on any atom is 0.158 e. The fourth-order valence-corrected chi connectivity index (χ4v) is 3.88. The first-order valence-corrected chi connectivity index (χ1v) is 8.68. The molecule has 2 aromatic heterocycles. The quantitative estimate of drug-likeness (QED) is 0.874. The molecule has 0 saturated carbocycles. The summed E-state index contributed by atoms with van der Waals surface area (Å²) in [5, 5.41) is 0. The Morgan fingerprint density at radius 3 is 2.48 bits per heavy atom. The van der Waals surface area contributed by atoms with E-state index in [0.29, 0.717) is 6.04 Å². The second-order valence-electron chi connectivity index (χ2n) is 6.48. The van der Waals surface area contributed by atoms with E-state index < -0.39 is 0 Å². The molecule has 5 heteroatoms. The maximum absolute atomic E-state index is 5.49. The first-order valence-electron chi connectivity index (χ1n) is 8.68. The fourth-order valence-electron chi connectivity index (χ4n) is 3.88. The number of nitrogens with zero attached hydrogens (tertiary/aromatic N) is 4. The normalized spacial score (nSPS) is 21.6. The highest BCUT2D eigenvalue weighted by molar-refractivity contribution is 5.49. The minimum atomic E-state index is 0.533. The summed E-state index contributed by atoms with van der Waals surface area (Å²) in [6, 6.07) is 7.27. The number of likely N-dealkylation sites (tertiary alicyclic amines) is 1. The molecular weight excluding hydrogens is 288 g/mol. The Balaban J connectivity index is 1.44. The summed E-state index contributed by atoms with van der Waals surface area (Å²) in [7, 11) is 0. The third-order valence-corrected chi connectivity index (χ3v) is 5.16. The van der Waals surface area contributed by atoms with Crippen molar-refractivity contribution >= 4 is 0 Å². The Hall–Kier alpha value is -1.72. The van der Waals surface area contributed by atoms with E-state index in [2.05, 4.69) is 25.6 Å². The molecule has 2 aliphatic heterocycles. The second kappa shape index (κ2) is 6.81. The molecule has 2 saturated heterocycles. The second-order valence-corrected chi connectivity index (χ2v) is 6.48. The monoisotopic (exact) mass is 312 g/mol. The van der Waals surface area contributed by atoms with Gasteiger partial charge in [0.2, 0.25) is 0 Å². The highest BCUT2D eigenvalue weighted by Crippen LogP contribution is 2.29. The lowest BCUT2D eigenvalue weighted by atomic mass is 9.99. The molecule has 0 aliphatic carbocycles. The van der Waals surface area contributed by atoms with Crippen molar-refractivity contribution in [3.8, 4) is 11.5 Å². The molecule has 122 valence electrons. The molecule has 0 atom stereocenters. The predicted molar refractivity (Wildman–Crippen MR) is 89.1 cm³/mol. The molecule has 0 unspecified atom stereocenters. The van der Waals surface area contributed by atoms with Crippen LogP contribution in [0.1, 0.15) is 31.7 Å². The van der Waals surface area contributed by atoms with E-state index >= 15 is 0 Å². The zero-order valence-electron chi connectivity index (χ0n) is 13.5. The van der Waals surface area contributed by atoms with Crippen molar-refractivity contribution in [1.82, 2.24) is 19.4 Å². The van der Waals surface area contributed by atoms with Gasteiger partial charge in [-0.3, -0.25) is 4.98 Å². The summed E-state index contributed by atoms with van der Waals surface area (Å²) in [6.45, 7) is 4.20. The number of ether oxygens (including phenoxy) is 1. The molecule has 0 bridgehead atoms. The van der Waals surface area contributed by atoms with Crippen LogP contribution in [-0.2, 0) is 4.74 Å². The average molecular weight is 312 g/mol. The van der Waals surface area contributed by atoms with Crippen LogP contribution in [0.25, 0.3) is 11.5 Å². The molecule has 2 aliphatic rings. The Bertz CT molecular complexity index is 613. The van der Waals surface area contributed by atoms with Gasteiger partial charge in [0.15, 0.2) is 5.82 Å². The van der Waals surface area contributed by atoms with Crippen molar-refractivity contribution in [3.05, 3.63) is 36.8 Å². The molecule has 2 fully saturated rings. The van der Waals surface area contributed by atoms with Crippen LogP contribution >= 0.6 is 0 Å². The molecule has 23 heavy (non-hydrogen) atoms. The van der Waals surface area contributed by atoms with Crippen molar-refractivity contribution in [1.29, 1.82) is 0 Å². The summed E-state index contributed by atoms with van der Waals surface area (Å²) in [6.07, 6.45) is 10.6. The summed E-state index contributed by atoms with van der Waals surface area (Å²) < 4.78 is 7.81. The highest BCUT2D eigenvalue weighted by Gasteiger charge is 2.28. The van der Waals surface area contributed by atoms with E-state index in [0.717, 1.165) is 30.8 Å². The van der Waals surface area contributed by atoms with Gasteiger partial charge >= 0.3 is 0 Å². The molecule has 0 amide bonds. The van der Waals surface area contributed by atoms with Crippen molar-refractivity contribution < 1.29 is 4.74 Å². The van der Waals surface area contributed by atoms with E-state index in [4.69, 9.17) is 4.74 Å².